The van der Waals surface area contributed by atoms with Gasteiger partial charge in [0.25, 0.3) is 0 Å². The normalized spacial score (nSPS) is 13.1. The van der Waals surface area contributed by atoms with Gasteiger partial charge >= 0.3 is 23.9 Å². The zero-order valence-corrected chi connectivity index (χ0v) is 15.0. The largest absolute Gasteiger partial charge is 0.480 e. The van der Waals surface area contributed by atoms with E-state index in [1.807, 2.05) is 0 Å². The number of likely N-dealkylation sites (N-methyl/N-ethyl adjacent to an activating group) is 2. The minimum Gasteiger partial charge on any atom is -0.480 e. The third kappa shape index (κ3) is 8.59. The van der Waals surface area contributed by atoms with E-state index in [2.05, 4.69) is 6.58 Å². The topological polar surface area (TPSA) is 174 Å². The average Bonchev–Trinajstić information content (AvgIpc) is 2.60. The molecule has 0 amide bonds. The summed E-state index contributed by atoms with van der Waals surface area (Å²) in [5.41, 5.74) is -0.321. The summed E-state index contributed by atoms with van der Waals surface area (Å²) in [5, 5.41) is 35.8. The van der Waals surface area contributed by atoms with Gasteiger partial charge in [-0.05, 0) is 14.1 Å². The highest BCUT2D eigenvalue weighted by molar-refractivity contribution is 5.93. The van der Waals surface area contributed by atoms with Crippen LogP contribution < -0.4 is 0 Å². The van der Waals surface area contributed by atoms with Crippen molar-refractivity contribution in [3.05, 3.63) is 12.2 Å². The number of rotatable bonds is 13. The Labute approximate surface area is 155 Å². The molecule has 0 aliphatic carbocycles. The summed E-state index contributed by atoms with van der Waals surface area (Å²) < 4.78 is 9.51. The molecule has 12 nitrogen and oxygen atoms in total. The van der Waals surface area contributed by atoms with E-state index in [4.69, 9.17) is 29.9 Å². The number of aliphatic hydroxyl groups is 2. The van der Waals surface area contributed by atoms with Crippen molar-refractivity contribution in [3.63, 3.8) is 0 Å². The molecule has 0 aromatic carbocycles. The summed E-state index contributed by atoms with van der Waals surface area (Å²) in [5.74, 6) is -4.62. The molecule has 0 aromatic heterocycles. The maximum atomic E-state index is 11.8. The number of carbonyl (C=O) groups excluding carboxylic acids is 2. The molecule has 2 unspecified atom stereocenters. The fourth-order valence-corrected chi connectivity index (χ4v) is 1.70. The van der Waals surface area contributed by atoms with Crippen LogP contribution in [0.25, 0.3) is 0 Å². The Morgan fingerprint density at radius 3 is 1.67 bits per heavy atom. The van der Waals surface area contributed by atoms with E-state index in [0.717, 1.165) is 9.80 Å². The number of hydrogen-bond acceptors (Lipinski definition) is 10. The molecule has 0 radical (unpaired) electrons. The van der Waals surface area contributed by atoms with Crippen LogP contribution in [0.1, 0.15) is 6.42 Å². The molecule has 0 heterocycles. The second-order valence-corrected chi connectivity index (χ2v) is 5.57. The zero-order valence-electron chi connectivity index (χ0n) is 15.0. The van der Waals surface area contributed by atoms with E-state index in [0.29, 0.717) is 0 Å². The predicted molar refractivity (Wildman–Crippen MR) is 88.2 cm³/mol. The van der Waals surface area contributed by atoms with Crippen molar-refractivity contribution in [2.75, 3.05) is 40.8 Å². The number of esters is 2. The summed E-state index contributed by atoms with van der Waals surface area (Å²) >= 11 is 0. The smallest absolute Gasteiger partial charge is 0.334 e. The first-order valence-corrected chi connectivity index (χ1v) is 7.63. The Kier molecular flexibility index (Phi) is 10.8. The van der Waals surface area contributed by atoms with Gasteiger partial charge in [0.1, 0.15) is 25.3 Å². The Bertz CT molecular complexity index is 565. The van der Waals surface area contributed by atoms with Crippen molar-refractivity contribution in [1.29, 1.82) is 0 Å². The highest BCUT2D eigenvalue weighted by Gasteiger charge is 2.26. The van der Waals surface area contributed by atoms with Crippen LogP contribution in [0.2, 0.25) is 0 Å². The van der Waals surface area contributed by atoms with E-state index in [-0.39, 0.29) is 5.57 Å². The first-order chi connectivity index (χ1) is 12.5. The predicted octanol–water partition coefficient (Wildman–Crippen LogP) is -2.31. The molecule has 0 aliphatic heterocycles. The first kappa shape index (κ1) is 24.5. The number of ether oxygens (including phenoxy) is 2. The third-order valence-corrected chi connectivity index (χ3v) is 3.50. The fourth-order valence-electron chi connectivity index (χ4n) is 1.70. The lowest BCUT2D eigenvalue weighted by atomic mass is 10.2. The van der Waals surface area contributed by atoms with Gasteiger partial charge in [-0.2, -0.15) is 0 Å². The number of hydrogen-bond donors (Lipinski definition) is 4. The van der Waals surface area contributed by atoms with Gasteiger partial charge in [0.15, 0.2) is 0 Å². The third-order valence-electron chi connectivity index (χ3n) is 3.50. The summed E-state index contributed by atoms with van der Waals surface area (Å²) in [6, 6.07) is -2.56. The van der Waals surface area contributed by atoms with E-state index < -0.39 is 69.1 Å². The summed E-state index contributed by atoms with van der Waals surface area (Å²) in [6.07, 6.45) is -0.596. The summed E-state index contributed by atoms with van der Waals surface area (Å²) in [4.78, 5) is 47.6. The van der Waals surface area contributed by atoms with Gasteiger partial charge in [-0.25, -0.2) is 4.79 Å². The molecule has 0 rings (SSSR count). The minimum atomic E-state index is -1.32. The molecule has 0 spiro atoms. The number of aliphatic carboxylic acids is 2. The fraction of sp³-hybridized carbons (Fsp3) is 0.600. The van der Waals surface area contributed by atoms with Crippen LogP contribution in [-0.2, 0) is 28.7 Å². The van der Waals surface area contributed by atoms with Crippen molar-refractivity contribution in [2.24, 2.45) is 0 Å². The molecule has 154 valence electrons. The Balaban J connectivity index is 4.53. The van der Waals surface area contributed by atoms with Crippen LogP contribution in [0, 0.1) is 0 Å². The van der Waals surface area contributed by atoms with Gasteiger partial charge in [-0.3, -0.25) is 24.2 Å². The number of carboxylic acids is 2. The SMILES string of the molecule is C=C(CC(=O)OCC(C(=O)O)N(C)CO)C(=O)OCC(C(=O)O)N(C)CO. The van der Waals surface area contributed by atoms with Crippen molar-refractivity contribution in [3.8, 4) is 0 Å². The van der Waals surface area contributed by atoms with E-state index in [1.54, 1.807) is 0 Å². The van der Waals surface area contributed by atoms with Crippen molar-refractivity contribution in [1.82, 2.24) is 9.80 Å². The number of carbonyl (C=O) groups is 4. The molecule has 27 heavy (non-hydrogen) atoms. The molecule has 0 fully saturated rings. The maximum absolute atomic E-state index is 11.8. The van der Waals surface area contributed by atoms with Gasteiger partial charge in [-0.15, -0.1) is 0 Å². The van der Waals surface area contributed by atoms with Crippen LogP contribution in [-0.4, -0.2) is 107 Å². The van der Waals surface area contributed by atoms with Crippen LogP contribution in [0.15, 0.2) is 12.2 Å². The van der Waals surface area contributed by atoms with Gasteiger partial charge in [-0.1, -0.05) is 6.58 Å². The second kappa shape index (κ2) is 12.0. The molecular weight excluding hydrogens is 368 g/mol. The lowest BCUT2D eigenvalue weighted by Crippen LogP contribution is -2.43. The highest BCUT2D eigenvalue weighted by atomic mass is 16.5. The second-order valence-electron chi connectivity index (χ2n) is 5.57. The molecule has 0 aromatic rings. The maximum Gasteiger partial charge on any atom is 0.334 e. The van der Waals surface area contributed by atoms with Crippen LogP contribution in [0.3, 0.4) is 0 Å². The number of aliphatic hydroxyl groups excluding tert-OH is 2. The Morgan fingerprint density at radius 1 is 0.889 bits per heavy atom. The Hall–Kier alpha value is -2.54. The highest BCUT2D eigenvalue weighted by Crippen LogP contribution is 2.07. The standard InChI is InChI=1S/C15H24N2O10/c1-9(15(25)27-6-11(14(23)24)17(3)8-19)4-12(20)26-5-10(13(21)22)16(2)7-18/h10-11,18-19H,1,4-8H2,2-3H3,(H,21,22)(H,23,24). The molecule has 0 aliphatic rings. The van der Waals surface area contributed by atoms with E-state index in [9.17, 15) is 19.2 Å². The molecule has 0 bridgehead atoms. The average molecular weight is 392 g/mol. The molecule has 4 N–H and O–H groups in total. The summed E-state index contributed by atoms with van der Waals surface area (Å²) in [6.45, 7) is 1.06. The van der Waals surface area contributed by atoms with E-state index in [1.165, 1.54) is 14.1 Å². The van der Waals surface area contributed by atoms with Gasteiger partial charge < -0.3 is 29.9 Å². The monoisotopic (exact) mass is 392 g/mol. The van der Waals surface area contributed by atoms with Gasteiger partial charge in [0, 0.05) is 5.57 Å². The molecule has 0 saturated heterocycles. The molecule has 12 heteroatoms. The first-order valence-electron chi connectivity index (χ1n) is 7.63. The van der Waals surface area contributed by atoms with Gasteiger partial charge in [0.05, 0.1) is 19.9 Å². The van der Waals surface area contributed by atoms with E-state index >= 15 is 0 Å². The lowest BCUT2D eigenvalue weighted by Gasteiger charge is -2.22. The van der Waals surface area contributed by atoms with Crippen molar-refractivity contribution < 1.29 is 49.1 Å². The van der Waals surface area contributed by atoms with Gasteiger partial charge in [0.2, 0.25) is 0 Å². The molecule has 2 atom stereocenters. The Morgan fingerprint density at radius 2 is 1.30 bits per heavy atom. The quantitative estimate of drug-likeness (QED) is 0.150. The number of carboxylic acid groups (broad SMARTS) is 2. The van der Waals surface area contributed by atoms with Crippen molar-refractivity contribution >= 4 is 23.9 Å². The lowest BCUT2D eigenvalue weighted by molar-refractivity contribution is -0.156. The van der Waals surface area contributed by atoms with Crippen molar-refractivity contribution in [2.45, 2.75) is 18.5 Å². The van der Waals surface area contributed by atoms with Crippen LogP contribution in [0.5, 0.6) is 0 Å². The van der Waals surface area contributed by atoms with Crippen LogP contribution in [0.4, 0.5) is 0 Å². The van der Waals surface area contributed by atoms with Crippen LogP contribution >= 0.6 is 0 Å². The summed E-state index contributed by atoms with van der Waals surface area (Å²) in [7, 11) is 2.62. The molecule has 0 saturated carbocycles. The zero-order chi connectivity index (χ0) is 21.1. The minimum absolute atomic E-state index is 0.321. The number of nitrogens with zero attached hydrogens (tertiary/aromatic N) is 2. The molecular formula is C15H24N2O10.